The standard InChI is InChI=1S/C20H22N2/c1-5-18-12-17(14-22)9-10-19(18)13-20(15(2)3)16(4)8-6-7-11-21/h9-10,12-13H,2,4-8H2,1,3H3/b20-13-. The molecule has 2 heteroatoms. The van der Waals surface area contributed by atoms with E-state index in [0.717, 1.165) is 47.1 Å². The van der Waals surface area contributed by atoms with Crippen LogP contribution in [0.5, 0.6) is 0 Å². The fraction of sp³-hybridized carbons (Fsp3) is 0.300. The van der Waals surface area contributed by atoms with Crippen LogP contribution in [0.4, 0.5) is 0 Å². The summed E-state index contributed by atoms with van der Waals surface area (Å²) in [5.41, 5.74) is 5.93. The smallest absolute Gasteiger partial charge is 0.0991 e. The Balaban J connectivity index is 3.14. The number of hydrogen-bond donors (Lipinski definition) is 0. The fourth-order valence-corrected chi connectivity index (χ4v) is 2.32. The molecule has 112 valence electrons. The predicted molar refractivity (Wildman–Crippen MR) is 91.9 cm³/mol. The minimum absolute atomic E-state index is 0.541. The summed E-state index contributed by atoms with van der Waals surface area (Å²) >= 11 is 0. The van der Waals surface area contributed by atoms with E-state index < -0.39 is 0 Å². The lowest BCUT2D eigenvalue weighted by Gasteiger charge is -2.12. The number of rotatable bonds is 7. The normalized spacial score (nSPS) is 10.6. The number of aryl methyl sites for hydroxylation is 1. The first-order valence-corrected chi connectivity index (χ1v) is 7.49. The van der Waals surface area contributed by atoms with Crippen molar-refractivity contribution in [2.45, 2.75) is 39.5 Å². The molecule has 0 saturated heterocycles. The van der Waals surface area contributed by atoms with Gasteiger partial charge in [-0.3, -0.25) is 0 Å². The van der Waals surface area contributed by atoms with E-state index in [4.69, 9.17) is 10.5 Å². The highest BCUT2D eigenvalue weighted by Crippen LogP contribution is 2.26. The van der Waals surface area contributed by atoms with E-state index in [1.807, 2.05) is 25.1 Å². The molecule has 0 bridgehead atoms. The minimum Gasteiger partial charge on any atom is -0.198 e. The molecule has 0 aromatic heterocycles. The fourth-order valence-electron chi connectivity index (χ4n) is 2.32. The van der Waals surface area contributed by atoms with Gasteiger partial charge in [0.05, 0.1) is 17.7 Å². The predicted octanol–water partition coefficient (Wildman–Crippen LogP) is 5.33. The Hall–Kier alpha value is -2.58. The van der Waals surface area contributed by atoms with Crippen LogP contribution in [0.2, 0.25) is 0 Å². The highest BCUT2D eigenvalue weighted by Gasteiger charge is 2.07. The average Bonchev–Trinajstić information content (AvgIpc) is 2.52. The van der Waals surface area contributed by atoms with Crippen molar-refractivity contribution in [1.29, 1.82) is 10.5 Å². The molecule has 0 spiro atoms. The lowest BCUT2D eigenvalue weighted by Crippen LogP contribution is -1.94. The number of unbranched alkanes of at least 4 members (excludes halogenated alkanes) is 1. The third-order valence-corrected chi connectivity index (χ3v) is 3.56. The first-order chi connectivity index (χ1) is 10.5. The van der Waals surface area contributed by atoms with Crippen LogP contribution in [0.1, 0.15) is 49.8 Å². The molecule has 1 aromatic carbocycles. The zero-order valence-corrected chi connectivity index (χ0v) is 13.4. The van der Waals surface area contributed by atoms with E-state index in [0.29, 0.717) is 12.0 Å². The molecule has 0 aliphatic carbocycles. The SMILES string of the molecule is C=C(C)/C(=C/c1ccc(C#N)cc1CC)C(=C)CCCC#N. The van der Waals surface area contributed by atoms with Gasteiger partial charge >= 0.3 is 0 Å². The zero-order chi connectivity index (χ0) is 16.5. The summed E-state index contributed by atoms with van der Waals surface area (Å²) in [6.07, 6.45) is 5.11. The van der Waals surface area contributed by atoms with Crippen molar-refractivity contribution in [2.75, 3.05) is 0 Å². The van der Waals surface area contributed by atoms with E-state index in [-0.39, 0.29) is 0 Å². The van der Waals surface area contributed by atoms with Crippen LogP contribution in [0.3, 0.4) is 0 Å². The third kappa shape index (κ3) is 4.76. The van der Waals surface area contributed by atoms with Crippen molar-refractivity contribution in [3.63, 3.8) is 0 Å². The van der Waals surface area contributed by atoms with Gasteiger partial charge in [0.1, 0.15) is 0 Å². The van der Waals surface area contributed by atoms with E-state index in [2.05, 4.69) is 38.3 Å². The highest BCUT2D eigenvalue weighted by molar-refractivity contribution is 5.66. The number of nitriles is 2. The maximum Gasteiger partial charge on any atom is 0.0991 e. The summed E-state index contributed by atoms with van der Waals surface area (Å²) in [5.74, 6) is 0. The molecule has 0 aliphatic heterocycles. The Kier molecular flexibility index (Phi) is 6.87. The van der Waals surface area contributed by atoms with Crippen LogP contribution >= 0.6 is 0 Å². The zero-order valence-electron chi connectivity index (χ0n) is 13.4. The molecule has 0 radical (unpaired) electrons. The van der Waals surface area contributed by atoms with Crippen molar-refractivity contribution < 1.29 is 0 Å². The van der Waals surface area contributed by atoms with Crippen molar-refractivity contribution in [3.05, 3.63) is 64.8 Å². The topological polar surface area (TPSA) is 47.6 Å². The summed E-state index contributed by atoms with van der Waals surface area (Å²) in [4.78, 5) is 0. The third-order valence-electron chi connectivity index (χ3n) is 3.56. The molecule has 0 heterocycles. The van der Waals surface area contributed by atoms with E-state index in [1.54, 1.807) is 0 Å². The van der Waals surface area contributed by atoms with Crippen LogP contribution in [-0.2, 0) is 6.42 Å². The van der Waals surface area contributed by atoms with Gasteiger partial charge in [0.25, 0.3) is 0 Å². The van der Waals surface area contributed by atoms with Gasteiger partial charge in [-0.2, -0.15) is 10.5 Å². The second-order valence-corrected chi connectivity index (χ2v) is 5.33. The molecular formula is C20H22N2. The van der Waals surface area contributed by atoms with Crippen LogP contribution in [0.25, 0.3) is 6.08 Å². The van der Waals surface area contributed by atoms with Gasteiger partial charge in [-0.1, -0.05) is 31.7 Å². The molecule has 1 aromatic rings. The van der Waals surface area contributed by atoms with Crippen LogP contribution < -0.4 is 0 Å². The first kappa shape index (κ1) is 17.5. The molecule has 0 aliphatic rings. The minimum atomic E-state index is 0.541. The Morgan fingerprint density at radius 1 is 1.27 bits per heavy atom. The largest absolute Gasteiger partial charge is 0.198 e. The second-order valence-electron chi connectivity index (χ2n) is 5.33. The molecule has 2 nitrogen and oxygen atoms in total. The van der Waals surface area contributed by atoms with Gasteiger partial charge in [0.2, 0.25) is 0 Å². The summed E-state index contributed by atoms with van der Waals surface area (Å²) in [5, 5.41) is 17.6. The van der Waals surface area contributed by atoms with Gasteiger partial charge < -0.3 is 0 Å². The van der Waals surface area contributed by atoms with Crippen LogP contribution in [0, 0.1) is 22.7 Å². The summed E-state index contributed by atoms with van der Waals surface area (Å²) in [6.45, 7) is 12.2. The second kappa shape index (κ2) is 8.65. The average molecular weight is 290 g/mol. The highest BCUT2D eigenvalue weighted by atomic mass is 14.2. The number of nitrogens with zero attached hydrogens (tertiary/aromatic N) is 2. The number of hydrogen-bond acceptors (Lipinski definition) is 2. The molecule has 0 amide bonds. The maximum absolute atomic E-state index is 9.01. The Morgan fingerprint density at radius 2 is 2.00 bits per heavy atom. The molecule has 0 saturated carbocycles. The van der Waals surface area contributed by atoms with Crippen molar-refractivity contribution >= 4 is 6.08 Å². The molecule has 0 fully saturated rings. The summed E-state index contributed by atoms with van der Waals surface area (Å²) in [7, 11) is 0. The van der Waals surface area contributed by atoms with Gasteiger partial charge in [-0.05, 0) is 66.7 Å². The summed E-state index contributed by atoms with van der Waals surface area (Å²) < 4.78 is 0. The molecule has 0 unspecified atom stereocenters. The van der Waals surface area contributed by atoms with Crippen molar-refractivity contribution in [3.8, 4) is 12.1 Å². The number of allylic oxidation sites excluding steroid dienone is 3. The summed E-state index contributed by atoms with van der Waals surface area (Å²) in [6, 6.07) is 10.1. The molecule has 0 N–H and O–H groups in total. The molecule has 1 rings (SSSR count). The van der Waals surface area contributed by atoms with Crippen LogP contribution in [0.15, 0.2) is 48.1 Å². The van der Waals surface area contributed by atoms with Gasteiger partial charge in [0, 0.05) is 6.42 Å². The van der Waals surface area contributed by atoms with Crippen LogP contribution in [-0.4, -0.2) is 0 Å². The van der Waals surface area contributed by atoms with Gasteiger partial charge in [-0.15, -0.1) is 0 Å². The number of benzene rings is 1. The monoisotopic (exact) mass is 290 g/mol. The maximum atomic E-state index is 9.01. The van der Waals surface area contributed by atoms with Gasteiger partial charge in [-0.25, -0.2) is 0 Å². The molecule has 22 heavy (non-hydrogen) atoms. The Labute approximate surface area is 133 Å². The lowest BCUT2D eigenvalue weighted by molar-refractivity contribution is 0.849. The molecule has 0 atom stereocenters. The quantitative estimate of drug-likeness (QED) is 0.503. The van der Waals surface area contributed by atoms with Crippen molar-refractivity contribution in [2.24, 2.45) is 0 Å². The van der Waals surface area contributed by atoms with Crippen molar-refractivity contribution in [1.82, 2.24) is 0 Å². The van der Waals surface area contributed by atoms with E-state index in [1.165, 1.54) is 0 Å². The van der Waals surface area contributed by atoms with E-state index in [9.17, 15) is 0 Å². The Morgan fingerprint density at radius 3 is 2.55 bits per heavy atom. The molecular weight excluding hydrogens is 268 g/mol. The lowest BCUT2D eigenvalue weighted by atomic mass is 9.92. The first-order valence-electron chi connectivity index (χ1n) is 7.49. The van der Waals surface area contributed by atoms with E-state index >= 15 is 0 Å². The Bertz CT molecular complexity index is 679. The van der Waals surface area contributed by atoms with Gasteiger partial charge in [0.15, 0.2) is 0 Å².